The molecule has 272 valence electrons. The van der Waals surface area contributed by atoms with Crippen molar-refractivity contribution in [2.45, 2.75) is 55.3 Å². The van der Waals surface area contributed by atoms with Gasteiger partial charge in [-0.25, -0.2) is 29.1 Å². The number of nitrogens with two attached hydrogens (primary N) is 2. The lowest BCUT2D eigenvalue weighted by Gasteiger charge is -2.28. The molecule has 4 aromatic rings. The number of aromatic amines is 1. The molecule has 23 nitrogen and oxygen atoms in total. The van der Waals surface area contributed by atoms with Crippen molar-refractivity contribution in [3.63, 3.8) is 0 Å². The number of alkyl halides is 3. The zero-order valence-electron chi connectivity index (χ0n) is 24.7. The lowest BCUT2D eigenvalue weighted by Crippen LogP contribution is -2.41. The molecule has 6 unspecified atom stereocenters. The molecule has 10 atom stereocenters. The number of aliphatic hydroxyl groups is 1. The molecule has 0 saturated carbocycles. The molecule has 50 heavy (non-hydrogen) atoms. The third-order valence-corrected chi connectivity index (χ3v) is 9.71. The Hall–Kier alpha value is -3.65. The number of nitrogens with zero attached hydrogens (tertiary/aromatic N) is 7. The molecular formula is C22H25F3N10O13P2. The van der Waals surface area contributed by atoms with Crippen LogP contribution in [-0.2, 0) is 41.4 Å². The zero-order chi connectivity index (χ0) is 35.7. The number of nitrogens with one attached hydrogen (secondary N) is 1. The highest BCUT2D eigenvalue weighted by molar-refractivity contribution is 7.47. The fourth-order valence-electron chi connectivity index (χ4n) is 5.65. The van der Waals surface area contributed by atoms with Gasteiger partial charge in [0.15, 0.2) is 35.1 Å². The van der Waals surface area contributed by atoms with Gasteiger partial charge in [-0.3, -0.25) is 37.0 Å². The number of nitrogen functional groups attached to an aromatic ring is 2. The SMILES string of the molecule is Nc1nc2c(ncn2[C@@H]2O[C@@H]3COP(=O)(O)OC4C(O)[C@@H](COP(=O)(O)OC2C3OCC(F)(F)F)O[C@H]4n2cnc3c(N)ncnc32)c(=O)[nH]1. The Bertz CT molecular complexity index is 2080. The summed E-state index contributed by atoms with van der Waals surface area (Å²) in [5.41, 5.74) is 10.2. The minimum Gasteiger partial charge on any atom is -0.387 e. The number of phosphoric acid groups is 2. The minimum absolute atomic E-state index is 0.0389. The second-order valence-electron chi connectivity index (χ2n) is 11.0. The van der Waals surface area contributed by atoms with Crippen LogP contribution in [-0.4, -0.2) is 117 Å². The zero-order valence-corrected chi connectivity index (χ0v) is 26.5. The molecule has 0 radical (unpaired) electrons. The van der Waals surface area contributed by atoms with Gasteiger partial charge in [0, 0.05) is 0 Å². The summed E-state index contributed by atoms with van der Waals surface area (Å²) in [4.78, 5) is 56.0. The molecule has 28 heteroatoms. The van der Waals surface area contributed by atoms with Crippen molar-refractivity contribution in [3.8, 4) is 0 Å². The van der Waals surface area contributed by atoms with Crippen LogP contribution in [0, 0.1) is 0 Å². The minimum atomic E-state index is -5.36. The Morgan fingerprint density at radius 2 is 1.52 bits per heavy atom. The van der Waals surface area contributed by atoms with E-state index < -0.39 is 102 Å². The molecular weight excluding hydrogens is 731 g/mol. The van der Waals surface area contributed by atoms with Gasteiger partial charge in [0.2, 0.25) is 5.95 Å². The van der Waals surface area contributed by atoms with E-state index in [1.54, 1.807) is 0 Å². The fraction of sp³-hybridized carbons (Fsp3) is 0.545. The van der Waals surface area contributed by atoms with Gasteiger partial charge >= 0.3 is 21.8 Å². The summed E-state index contributed by atoms with van der Waals surface area (Å²) in [5, 5.41) is 11.1. The molecule has 0 aliphatic carbocycles. The van der Waals surface area contributed by atoms with Crippen LogP contribution in [0.5, 0.6) is 0 Å². The maximum atomic E-state index is 13.4. The summed E-state index contributed by atoms with van der Waals surface area (Å²) in [5.74, 6) is -0.438. The van der Waals surface area contributed by atoms with E-state index in [1.807, 2.05) is 0 Å². The molecule has 7 heterocycles. The fourth-order valence-corrected chi connectivity index (χ4v) is 7.51. The van der Waals surface area contributed by atoms with Gasteiger partial charge in [-0.1, -0.05) is 0 Å². The van der Waals surface area contributed by atoms with E-state index in [4.69, 9.17) is 43.8 Å². The second-order valence-corrected chi connectivity index (χ2v) is 13.9. The van der Waals surface area contributed by atoms with Gasteiger partial charge in [0.05, 0.1) is 25.9 Å². The first-order chi connectivity index (χ1) is 23.5. The van der Waals surface area contributed by atoms with E-state index in [9.17, 15) is 42.0 Å². The molecule has 8 N–H and O–H groups in total. The van der Waals surface area contributed by atoms with E-state index in [0.29, 0.717) is 0 Å². The number of aliphatic hydroxyl groups excluding tert-OH is 1. The van der Waals surface area contributed by atoms with E-state index in [1.165, 1.54) is 4.57 Å². The largest absolute Gasteiger partial charge is 0.472 e. The second kappa shape index (κ2) is 12.5. The predicted octanol–water partition coefficient (Wildman–Crippen LogP) is -0.755. The number of anilines is 2. The molecule has 4 aromatic heterocycles. The molecule has 0 spiro atoms. The van der Waals surface area contributed by atoms with Crippen LogP contribution in [0.2, 0.25) is 0 Å². The van der Waals surface area contributed by atoms with Crippen LogP contribution in [0.15, 0.2) is 23.8 Å². The standard InChI is InChI=1S/C22H25F3N10O13P2/c23-22(24,25)3-42-12-8-2-44-49(38,39)47-13-11(36)7(45-19(13)34-5-30-9-15(26)28-4-29-16(9)34)1-43-50(40,41)48-14(12)20(46-8)35-6-31-10-17(35)32-21(27)33-18(10)37/h4-8,11-14,19-20,36H,1-3H2,(H,38,39)(H,40,41)(H2,26,28,29)(H3,27,32,33,37)/t7-,8-,11?,12?,13?,14?,19-,20-/m1/s1. The number of halogens is 3. The van der Waals surface area contributed by atoms with Gasteiger partial charge < -0.3 is 40.6 Å². The topological polar surface area (TPSA) is 319 Å². The molecule has 3 saturated heterocycles. The maximum Gasteiger partial charge on any atom is 0.472 e. The lowest BCUT2D eigenvalue weighted by atomic mass is 10.1. The molecule has 0 amide bonds. The molecule has 4 bridgehead atoms. The van der Waals surface area contributed by atoms with Crippen LogP contribution >= 0.6 is 15.6 Å². The Labute approximate surface area is 274 Å². The van der Waals surface area contributed by atoms with Gasteiger partial charge in [-0.2, -0.15) is 18.2 Å². The number of ether oxygens (including phenoxy) is 3. The summed E-state index contributed by atoms with van der Waals surface area (Å²) < 4.78 is 106. The lowest BCUT2D eigenvalue weighted by molar-refractivity contribution is -0.196. The quantitative estimate of drug-likeness (QED) is 0.139. The molecule has 3 aliphatic rings. The van der Waals surface area contributed by atoms with Gasteiger partial charge in [0.1, 0.15) is 55.1 Å². The van der Waals surface area contributed by atoms with Crippen LogP contribution in [0.1, 0.15) is 12.5 Å². The number of fused-ring (bicyclic) bond motifs is 6. The number of phosphoric ester groups is 2. The number of hydrogen-bond acceptors (Lipinski definition) is 18. The summed E-state index contributed by atoms with van der Waals surface area (Å²) in [7, 11) is -10.7. The van der Waals surface area contributed by atoms with Crippen LogP contribution in [0.25, 0.3) is 22.3 Å². The molecule has 3 fully saturated rings. The normalized spacial score (nSPS) is 35.5. The van der Waals surface area contributed by atoms with E-state index >= 15 is 0 Å². The van der Waals surface area contributed by atoms with Crippen LogP contribution in [0.4, 0.5) is 24.9 Å². The first-order valence-electron chi connectivity index (χ1n) is 14.1. The van der Waals surface area contributed by atoms with Crippen molar-refractivity contribution < 1.29 is 69.5 Å². The average Bonchev–Trinajstić information content (AvgIpc) is 3.78. The highest BCUT2D eigenvalue weighted by atomic mass is 31.2. The van der Waals surface area contributed by atoms with E-state index in [0.717, 1.165) is 23.5 Å². The molecule has 0 aromatic carbocycles. The Balaban J connectivity index is 1.26. The monoisotopic (exact) mass is 756 g/mol. The highest BCUT2D eigenvalue weighted by Crippen LogP contribution is 2.54. The Morgan fingerprint density at radius 3 is 2.22 bits per heavy atom. The van der Waals surface area contributed by atoms with Crippen molar-refractivity contribution in [3.05, 3.63) is 29.3 Å². The van der Waals surface area contributed by atoms with Crippen molar-refractivity contribution >= 4 is 49.7 Å². The predicted molar refractivity (Wildman–Crippen MR) is 153 cm³/mol. The van der Waals surface area contributed by atoms with Crippen LogP contribution in [0.3, 0.4) is 0 Å². The summed E-state index contributed by atoms with van der Waals surface area (Å²) in [6.45, 7) is -3.97. The number of H-pyrrole nitrogens is 1. The van der Waals surface area contributed by atoms with Crippen molar-refractivity contribution in [1.82, 2.24) is 39.0 Å². The summed E-state index contributed by atoms with van der Waals surface area (Å²) >= 11 is 0. The van der Waals surface area contributed by atoms with Crippen molar-refractivity contribution in [1.29, 1.82) is 0 Å². The smallest absolute Gasteiger partial charge is 0.387 e. The Morgan fingerprint density at radius 1 is 0.920 bits per heavy atom. The van der Waals surface area contributed by atoms with E-state index in [2.05, 4.69) is 29.9 Å². The van der Waals surface area contributed by atoms with Crippen molar-refractivity contribution in [2.24, 2.45) is 0 Å². The maximum absolute atomic E-state index is 13.4. The third-order valence-electron chi connectivity index (χ3n) is 7.74. The Kier molecular flexibility index (Phi) is 8.72. The molecule has 3 aliphatic heterocycles. The number of imidazole rings is 2. The summed E-state index contributed by atoms with van der Waals surface area (Å²) in [6.07, 6.45) is -16.0. The highest BCUT2D eigenvalue weighted by Gasteiger charge is 2.55. The van der Waals surface area contributed by atoms with Crippen LogP contribution < -0.4 is 17.0 Å². The number of rotatable bonds is 4. The number of aromatic nitrogens is 8. The summed E-state index contributed by atoms with van der Waals surface area (Å²) in [6, 6.07) is 0. The van der Waals surface area contributed by atoms with Gasteiger partial charge in [0.25, 0.3) is 5.56 Å². The van der Waals surface area contributed by atoms with Crippen molar-refractivity contribution in [2.75, 3.05) is 31.3 Å². The third kappa shape index (κ3) is 6.60. The van der Waals surface area contributed by atoms with Gasteiger partial charge in [-0.15, -0.1) is 0 Å². The average molecular weight is 756 g/mol. The first-order valence-corrected chi connectivity index (χ1v) is 17.1. The molecule has 7 rings (SSSR count). The van der Waals surface area contributed by atoms with E-state index in [-0.39, 0.29) is 28.1 Å². The van der Waals surface area contributed by atoms with Gasteiger partial charge in [-0.05, 0) is 0 Å². The first kappa shape index (κ1) is 34.8. The number of hydrogen-bond donors (Lipinski definition) is 6.